The van der Waals surface area contributed by atoms with Gasteiger partial charge in [-0.25, -0.2) is 9.97 Å². The number of ether oxygens (including phenoxy) is 2. The van der Waals surface area contributed by atoms with Crippen LogP contribution in [0.3, 0.4) is 0 Å². The van der Waals surface area contributed by atoms with Crippen molar-refractivity contribution in [1.29, 1.82) is 0 Å². The highest BCUT2D eigenvalue weighted by Gasteiger charge is 2.33. The quantitative estimate of drug-likeness (QED) is 0.643. The smallest absolute Gasteiger partial charge is 0.147 e. The second kappa shape index (κ2) is 5.95. The number of hydrogen-bond acceptors (Lipinski definition) is 7. The standard InChI is InChI=1S/C18H20N4O2S2/c1-18(2)7-10-11(8-24-18)15(22-3-5-23-6-4-22)21-17-12(10)13-14(26-17)16(25)20-9-19-13/h9H,3-8H2,1-2H3,(H,19,20,25). The number of fused-ring (bicyclic) bond motifs is 5. The average Bonchev–Trinajstić information content (AvgIpc) is 3.01. The molecule has 0 aromatic carbocycles. The first kappa shape index (κ1) is 16.6. The fourth-order valence-electron chi connectivity index (χ4n) is 3.86. The molecule has 2 aliphatic heterocycles. The number of pyridine rings is 1. The minimum absolute atomic E-state index is 0.193. The number of anilines is 1. The zero-order chi connectivity index (χ0) is 17.9. The van der Waals surface area contributed by atoms with Crippen LogP contribution in [0.5, 0.6) is 0 Å². The molecule has 6 nitrogen and oxygen atoms in total. The van der Waals surface area contributed by atoms with Crippen LogP contribution in [0, 0.1) is 4.64 Å². The molecule has 1 saturated heterocycles. The van der Waals surface area contributed by atoms with E-state index in [0.29, 0.717) is 11.2 Å². The van der Waals surface area contributed by atoms with Crippen molar-refractivity contribution < 1.29 is 9.47 Å². The average molecular weight is 389 g/mol. The van der Waals surface area contributed by atoms with Crippen molar-refractivity contribution in [3.05, 3.63) is 22.1 Å². The lowest BCUT2D eigenvalue weighted by molar-refractivity contribution is -0.0396. The summed E-state index contributed by atoms with van der Waals surface area (Å²) in [5.41, 5.74) is 3.40. The van der Waals surface area contributed by atoms with Crippen molar-refractivity contribution in [3.8, 4) is 0 Å². The Morgan fingerprint density at radius 2 is 2.08 bits per heavy atom. The van der Waals surface area contributed by atoms with Crippen molar-refractivity contribution >= 4 is 49.8 Å². The largest absolute Gasteiger partial charge is 0.378 e. The lowest BCUT2D eigenvalue weighted by Crippen LogP contribution is -2.39. The summed E-state index contributed by atoms with van der Waals surface area (Å²) in [4.78, 5) is 16.0. The zero-order valence-electron chi connectivity index (χ0n) is 14.8. The first-order valence-corrected chi connectivity index (χ1v) is 10.0. The van der Waals surface area contributed by atoms with Crippen LogP contribution >= 0.6 is 23.6 Å². The summed E-state index contributed by atoms with van der Waals surface area (Å²) < 4.78 is 13.3. The molecular formula is C18H20N4O2S2. The summed E-state index contributed by atoms with van der Waals surface area (Å²) >= 11 is 7.08. The lowest BCUT2D eigenvalue weighted by Gasteiger charge is -2.36. The van der Waals surface area contributed by atoms with Crippen LogP contribution in [0.25, 0.3) is 20.4 Å². The van der Waals surface area contributed by atoms with E-state index in [4.69, 9.17) is 26.7 Å². The maximum absolute atomic E-state index is 6.15. The minimum Gasteiger partial charge on any atom is -0.378 e. The van der Waals surface area contributed by atoms with E-state index in [1.165, 1.54) is 16.5 Å². The molecule has 1 fully saturated rings. The molecule has 0 unspecified atom stereocenters. The first-order chi connectivity index (χ1) is 12.5. The molecule has 3 aromatic heterocycles. The molecule has 1 N–H and O–H groups in total. The van der Waals surface area contributed by atoms with Crippen LogP contribution in [-0.2, 0) is 22.5 Å². The highest BCUT2D eigenvalue weighted by Crippen LogP contribution is 2.42. The van der Waals surface area contributed by atoms with Gasteiger partial charge >= 0.3 is 0 Å². The Labute approximate surface area is 160 Å². The van der Waals surface area contributed by atoms with Gasteiger partial charge in [0, 0.05) is 30.5 Å². The second-order valence-electron chi connectivity index (χ2n) is 7.41. The lowest BCUT2D eigenvalue weighted by atomic mass is 9.90. The molecule has 0 aliphatic carbocycles. The summed E-state index contributed by atoms with van der Waals surface area (Å²) in [6, 6.07) is 0. The molecule has 0 amide bonds. The third kappa shape index (κ3) is 2.55. The normalized spacial score (nSPS) is 19.8. The molecule has 8 heteroatoms. The van der Waals surface area contributed by atoms with Gasteiger partial charge in [-0.15, -0.1) is 11.3 Å². The maximum atomic E-state index is 6.15. The second-order valence-corrected chi connectivity index (χ2v) is 8.80. The minimum atomic E-state index is -0.193. The molecule has 0 spiro atoms. The van der Waals surface area contributed by atoms with Crippen LogP contribution in [0.1, 0.15) is 25.0 Å². The summed E-state index contributed by atoms with van der Waals surface area (Å²) in [5.74, 6) is 1.04. The highest BCUT2D eigenvalue weighted by atomic mass is 32.1. The Morgan fingerprint density at radius 1 is 1.27 bits per heavy atom. The molecule has 0 bridgehead atoms. The zero-order valence-corrected chi connectivity index (χ0v) is 16.4. The molecular weight excluding hydrogens is 368 g/mol. The van der Waals surface area contributed by atoms with E-state index in [2.05, 4.69) is 28.7 Å². The number of morpholine rings is 1. The van der Waals surface area contributed by atoms with Gasteiger partial charge in [0.05, 0.1) is 42.0 Å². The van der Waals surface area contributed by atoms with Gasteiger partial charge in [0.1, 0.15) is 15.3 Å². The number of H-pyrrole nitrogens is 1. The van der Waals surface area contributed by atoms with Gasteiger partial charge in [-0.3, -0.25) is 0 Å². The number of thiophene rings is 1. The molecule has 136 valence electrons. The highest BCUT2D eigenvalue weighted by molar-refractivity contribution is 7.71. The fraction of sp³-hybridized carbons (Fsp3) is 0.500. The van der Waals surface area contributed by atoms with Crippen LogP contribution in [-0.4, -0.2) is 46.9 Å². The number of aromatic amines is 1. The third-order valence-electron chi connectivity index (χ3n) is 5.14. The van der Waals surface area contributed by atoms with E-state index < -0.39 is 0 Å². The predicted octanol–water partition coefficient (Wildman–Crippen LogP) is 3.59. The Balaban J connectivity index is 1.83. The van der Waals surface area contributed by atoms with Gasteiger partial charge in [0.2, 0.25) is 0 Å². The Kier molecular flexibility index (Phi) is 3.79. The first-order valence-electron chi connectivity index (χ1n) is 8.82. The summed E-state index contributed by atoms with van der Waals surface area (Å²) in [6.45, 7) is 8.08. The van der Waals surface area contributed by atoms with Crippen molar-refractivity contribution in [2.24, 2.45) is 0 Å². The van der Waals surface area contributed by atoms with E-state index in [1.807, 2.05) is 0 Å². The molecule has 3 aromatic rings. The van der Waals surface area contributed by atoms with E-state index in [9.17, 15) is 0 Å². The van der Waals surface area contributed by atoms with Gasteiger partial charge in [-0.05, 0) is 19.4 Å². The molecule has 0 atom stereocenters. The van der Waals surface area contributed by atoms with Gasteiger partial charge < -0.3 is 19.4 Å². The van der Waals surface area contributed by atoms with E-state index in [-0.39, 0.29) is 5.60 Å². The molecule has 0 saturated carbocycles. The Bertz CT molecular complexity index is 1070. The van der Waals surface area contributed by atoms with Crippen molar-refractivity contribution in [1.82, 2.24) is 15.0 Å². The van der Waals surface area contributed by atoms with E-state index in [1.54, 1.807) is 17.7 Å². The van der Waals surface area contributed by atoms with Crippen LogP contribution in [0.2, 0.25) is 0 Å². The Morgan fingerprint density at radius 3 is 2.88 bits per heavy atom. The van der Waals surface area contributed by atoms with Gasteiger partial charge in [-0.2, -0.15) is 0 Å². The van der Waals surface area contributed by atoms with E-state index >= 15 is 0 Å². The number of nitrogens with zero attached hydrogens (tertiary/aromatic N) is 3. The van der Waals surface area contributed by atoms with Crippen molar-refractivity contribution in [2.75, 3.05) is 31.2 Å². The third-order valence-corrected chi connectivity index (χ3v) is 6.67. The van der Waals surface area contributed by atoms with Crippen molar-refractivity contribution in [3.63, 3.8) is 0 Å². The number of aromatic nitrogens is 3. The maximum Gasteiger partial charge on any atom is 0.147 e. The van der Waals surface area contributed by atoms with Gasteiger partial charge in [-0.1, -0.05) is 12.2 Å². The number of nitrogens with one attached hydrogen (secondary N) is 1. The van der Waals surface area contributed by atoms with E-state index in [0.717, 1.165) is 53.6 Å². The van der Waals surface area contributed by atoms with Crippen LogP contribution < -0.4 is 4.90 Å². The topological polar surface area (TPSA) is 63.3 Å². The summed E-state index contributed by atoms with van der Waals surface area (Å²) in [6.07, 6.45) is 2.54. The summed E-state index contributed by atoms with van der Waals surface area (Å²) in [5, 5.41) is 1.18. The summed E-state index contributed by atoms with van der Waals surface area (Å²) in [7, 11) is 0. The fourth-order valence-corrected chi connectivity index (χ4v) is 5.19. The van der Waals surface area contributed by atoms with Crippen LogP contribution in [0.15, 0.2) is 6.33 Å². The molecule has 0 radical (unpaired) electrons. The predicted molar refractivity (Wildman–Crippen MR) is 106 cm³/mol. The van der Waals surface area contributed by atoms with Gasteiger partial charge in [0.25, 0.3) is 0 Å². The van der Waals surface area contributed by atoms with Gasteiger partial charge in [0.15, 0.2) is 0 Å². The monoisotopic (exact) mass is 388 g/mol. The van der Waals surface area contributed by atoms with Crippen molar-refractivity contribution in [2.45, 2.75) is 32.5 Å². The molecule has 2 aliphatic rings. The molecule has 26 heavy (non-hydrogen) atoms. The molecule has 5 rings (SSSR count). The molecule has 5 heterocycles. The van der Waals surface area contributed by atoms with Crippen LogP contribution in [0.4, 0.5) is 5.82 Å². The number of hydrogen-bond donors (Lipinski definition) is 1. The number of rotatable bonds is 1. The Hall–Kier alpha value is -1.61. The SMILES string of the molecule is CC1(C)Cc2c(c(N3CCOCC3)nc3sc4c(=S)nc[nH]c4c23)CO1.